The number of cyclic esters (lactones) is 1. The average Bonchev–Trinajstić information content (AvgIpc) is 2.96. The Hall–Kier alpha value is -1.91. The van der Waals surface area contributed by atoms with Gasteiger partial charge in [0.15, 0.2) is 0 Å². The number of hydrogen-bond acceptors (Lipinski definition) is 4. The third kappa shape index (κ3) is 2.43. The van der Waals surface area contributed by atoms with E-state index in [4.69, 9.17) is 4.74 Å². The van der Waals surface area contributed by atoms with Gasteiger partial charge in [-0.25, -0.2) is 4.79 Å². The van der Waals surface area contributed by atoms with Gasteiger partial charge in [-0.15, -0.1) is 0 Å². The number of carbonyl (C=O) groups is 1. The van der Waals surface area contributed by atoms with Gasteiger partial charge in [0.1, 0.15) is 0 Å². The van der Waals surface area contributed by atoms with Gasteiger partial charge in [0, 0.05) is 17.5 Å². The van der Waals surface area contributed by atoms with Crippen molar-refractivity contribution < 1.29 is 14.5 Å². The van der Waals surface area contributed by atoms with Gasteiger partial charge in [-0.3, -0.25) is 10.1 Å². The van der Waals surface area contributed by atoms with Crippen LogP contribution in [0.3, 0.4) is 0 Å². The molecule has 0 N–H and O–H groups in total. The lowest BCUT2D eigenvalue weighted by atomic mass is 9.82. The summed E-state index contributed by atoms with van der Waals surface area (Å²) < 4.78 is 4.87. The molecular formula is C12H13NO4. The number of rotatable bonds is 4. The number of hydrogen-bond donors (Lipinski definition) is 0. The van der Waals surface area contributed by atoms with Crippen LogP contribution in [-0.4, -0.2) is 17.0 Å². The topological polar surface area (TPSA) is 72.7 Å². The van der Waals surface area contributed by atoms with Gasteiger partial charge in [0.05, 0.1) is 4.92 Å². The molecule has 1 aromatic carbocycles. The molecule has 5 nitrogen and oxygen atoms in total. The van der Waals surface area contributed by atoms with E-state index in [2.05, 4.69) is 0 Å². The molecule has 1 heterocycles. The molecule has 0 spiro atoms. The number of ether oxygens (including phenoxy) is 1. The van der Waals surface area contributed by atoms with E-state index < -0.39 is 4.92 Å². The third-order valence-corrected chi connectivity index (χ3v) is 2.91. The van der Waals surface area contributed by atoms with Gasteiger partial charge in [0.2, 0.25) is 6.10 Å². The zero-order valence-electron chi connectivity index (χ0n) is 9.67. The summed E-state index contributed by atoms with van der Waals surface area (Å²) >= 11 is 0. The summed E-state index contributed by atoms with van der Waals surface area (Å²) in [6.45, 7) is 3.90. The molecule has 1 saturated heterocycles. The fourth-order valence-electron chi connectivity index (χ4n) is 1.91. The first kappa shape index (κ1) is 11.6. The van der Waals surface area contributed by atoms with Crippen molar-refractivity contribution in [3.63, 3.8) is 0 Å². The van der Waals surface area contributed by atoms with Crippen molar-refractivity contribution in [2.75, 3.05) is 0 Å². The Bertz CT molecular complexity index is 464. The summed E-state index contributed by atoms with van der Waals surface area (Å²) in [6, 6.07) is 6.38. The van der Waals surface area contributed by atoms with Crippen molar-refractivity contribution in [2.24, 2.45) is 5.41 Å². The minimum atomic E-state index is -0.428. The van der Waals surface area contributed by atoms with Gasteiger partial charge in [-0.2, -0.15) is 0 Å². The second-order valence-electron chi connectivity index (χ2n) is 4.91. The second kappa shape index (κ2) is 3.84. The Morgan fingerprint density at radius 1 is 1.35 bits per heavy atom. The van der Waals surface area contributed by atoms with E-state index in [1.54, 1.807) is 12.1 Å². The predicted molar refractivity (Wildman–Crippen MR) is 60.5 cm³/mol. The maximum atomic E-state index is 11.0. The lowest BCUT2D eigenvalue weighted by Crippen LogP contribution is -2.23. The first-order chi connectivity index (χ1) is 7.90. The molecule has 0 aromatic heterocycles. The fraction of sp³-hybridized carbons (Fsp3) is 0.417. The molecule has 2 rings (SSSR count). The Morgan fingerprint density at radius 2 is 1.88 bits per heavy atom. The molecule has 0 radical (unpaired) electrons. The summed E-state index contributed by atoms with van der Waals surface area (Å²) in [7, 11) is 0. The number of nitro groups is 1. The van der Waals surface area contributed by atoms with Crippen molar-refractivity contribution >= 4 is 11.7 Å². The minimum Gasteiger partial charge on any atom is -0.447 e. The largest absolute Gasteiger partial charge is 0.447 e. The molecule has 1 aromatic rings. The van der Waals surface area contributed by atoms with Crippen LogP contribution in [0.25, 0.3) is 0 Å². The summed E-state index contributed by atoms with van der Waals surface area (Å²) in [5.41, 5.74) is 0.766. The first-order valence-corrected chi connectivity index (χ1v) is 5.34. The Labute approximate surface area is 98.5 Å². The summed E-state index contributed by atoms with van der Waals surface area (Å²) in [5, 5.41) is 10.5. The SMILES string of the molecule is CC(C)(Cc1ccc([N+](=O)[O-])cc1)C1OC1=O. The van der Waals surface area contributed by atoms with Crippen molar-refractivity contribution in [2.45, 2.75) is 26.4 Å². The van der Waals surface area contributed by atoms with Crippen molar-refractivity contribution in [1.29, 1.82) is 0 Å². The predicted octanol–water partition coefficient (Wildman–Crippen LogP) is 2.09. The average molecular weight is 235 g/mol. The zero-order valence-corrected chi connectivity index (χ0v) is 9.67. The third-order valence-electron chi connectivity index (χ3n) is 2.91. The number of nitro benzene ring substituents is 1. The molecule has 1 fully saturated rings. The molecule has 0 amide bonds. The number of nitrogens with zero attached hydrogens (tertiary/aromatic N) is 1. The summed E-state index contributed by atoms with van der Waals surface area (Å²) in [6.07, 6.45) is 0.319. The molecule has 5 heteroatoms. The van der Waals surface area contributed by atoms with E-state index in [9.17, 15) is 14.9 Å². The number of benzene rings is 1. The van der Waals surface area contributed by atoms with Crippen LogP contribution in [-0.2, 0) is 16.0 Å². The van der Waals surface area contributed by atoms with E-state index in [0.29, 0.717) is 6.42 Å². The standard InChI is InChI=1S/C12H13NO4/c1-12(2,10-11(14)17-10)7-8-3-5-9(6-4-8)13(15)16/h3-6,10H,7H2,1-2H3. The molecule has 1 aliphatic heterocycles. The monoisotopic (exact) mass is 235 g/mol. The Balaban J connectivity index is 2.08. The summed E-state index contributed by atoms with van der Waals surface area (Å²) in [4.78, 5) is 21.0. The molecule has 90 valence electrons. The number of carbonyl (C=O) groups excluding carboxylic acids is 1. The molecule has 0 aliphatic carbocycles. The van der Waals surface area contributed by atoms with Gasteiger partial charge in [-0.1, -0.05) is 26.0 Å². The maximum absolute atomic E-state index is 11.0. The van der Waals surface area contributed by atoms with E-state index >= 15 is 0 Å². The van der Waals surface area contributed by atoms with Crippen LogP contribution in [0.4, 0.5) is 5.69 Å². The second-order valence-corrected chi connectivity index (χ2v) is 4.91. The van der Waals surface area contributed by atoms with Crippen LogP contribution in [0, 0.1) is 15.5 Å². The van der Waals surface area contributed by atoms with Crippen LogP contribution >= 0.6 is 0 Å². The van der Waals surface area contributed by atoms with Crippen LogP contribution < -0.4 is 0 Å². The van der Waals surface area contributed by atoms with Gasteiger partial charge in [0.25, 0.3) is 5.69 Å². The summed E-state index contributed by atoms with van der Waals surface area (Å²) in [5.74, 6) is -0.170. The Kier molecular flexibility index (Phi) is 2.61. The van der Waals surface area contributed by atoms with E-state index in [-0.39, 0.29) is 23.2 Å². The van der Waals surface area contributed by atoms with Crippen LogP contribution in [0.15, 0.2) is 24.3 Å². The minimum absolute atomic E-state index is 0.0744. The smallest absolute Gasteiger partial charge is 0.348 e. The highest BCUT2D eigenvalue weighted by Crippen LogP contribution is 2.36. The molecule has 1 aliphatic rings. The quantitative estimate of drug-likeness (QED) is 0.455. The molecule has 1 atom stereocenters. The fourth-order valence-corrected chi connectivity index (χ4v) is 1.91. The highest BCUT2D eigenvalue weighted by atomic mass is 16.6. The van der Waals surface area contributed by atoms with E-state index in [1.165, 1.54) is 12.1 Å². The molecule has 17 heavy (non-hydrogen) atoms. The Morgan fingerprint density at radius 3 is 2.29 bits per heavy atom. The van der Waals surface area contributed by atoms with Crippen LogP contribution in [0.2, 0.25) is 0 Å². The maximum Gasteiger partial charge on any atom is 0.348 e. The zero-order chi connectivity index (χ0) is 12.6. The van der Waals surface area contributed by atoms with Crippen LogP contribution in [0.1, 0.15) is 19.4 Å². The highest BCUT2D eigenvalue weighted by molar-refractivity contribution is 5.88. The van der Waals surface area contributed by atoms with Crippen molar-refractivity contribution in [3.8, 4) is 0 Å². The first-order valence-electron chi connectivity index (χ1n) is 5.34. The van der Waals surface area contributed by atoms with Gasteiger partial charge < -0.3 is 4.74 Å². The molecule has 0 saturated carbocycles. The lowest BCUT2D eigenvalue weighted by molar-refractivity contribution is -0.384. The number of non-ortho nitro benzene ring substituents is 1. The lowest BCUT2D eigenvalue weighted by Gasteiger charge is -2.19. The highest BCUT2D eigenvalue weighted by Gasteiger charge is 2.50. The normalized spacial score (nSPS) is 18.7. The number of epoxide rings is 1. The van der Waals surface area contributed by atoms with E-state index in [1.807, 2.05) is 13.8 Å². The van der Waals surface area contributed by atoms with Crippen molar-refractivity contribution in [3.05, 3.63) is 39.9 Å². The van der Waals surface area contributed by atoms with Gasteiger partial charge in [-0.05, 0) is 12.0 Å². The van der Waals surface area contributed by atoms with Crippen LogP contribution in [0.5, 0.6) is 0 Å². The molecule has 0 bridgehead atoms. The molecule has 1 unspecified atom stereocenters. The van der Waals surface area contributed by atoms with Crippen molar-refractivity contribution in [1.82, 2.24) is 0 Å². The van der Waals surface area contributed by atoms with Gasteiger partial charge >= 0.3 is 5.97 Å². The molecular weight excluding hydrogens is 222 g/mol. The van der Waals surface area contributed by atoms with E-state index in [0.717, 1.165) is 5.56 Å².